The fourth-order valence-electron chi connectivity index (χ4n) is 2.26. The summed E-state index contributed by atoms with van der Waals surface area (Å²) in [5, 5.41) is 11.0. The van der Waals surface area contributed by atoms with Crippen molar-refractivity contribution in [1.29, 1.82) is 0 Å². The molecule has 4 heteroatoms. The molecular formula is C18H31NO3. The van der Waals surface area contributed by atoms with Gasteiger partial charge < -0.3 is 4.79 Å². The predicted octanol–water partition coefficient (Wildman–Crippen LogP) is 5.25. The lowest BCUT2D eigenvalue weighted by Gasteiger charge is -2.04. The molecule has 1 atom stereocenters. The van der Waals surface area contributed by atoms with E-state index in [1.165, 1.54) is 19.3 Å². The molecule has 0 fully saturated rings. The molecular weight excluding hydrogens is 278 g/mol. The maximum atomic E-state index is 11.0. The molecule has 0 saturated heterocycles. The molecule has 0 aromatic carbocycles. The minimum Gasteiger partial charge on any atom is -0.303 e. The van der Waals surface area contributed by atoms with E-state index in [2.05, 4.69) is 13.0 Å². The van der Waals surface area contributed by atoms with Gasteiger partial charge in [-0.2, -0.15) is 0 Å². The first kappa shape index (κ1) is 20.6. The van der Waals surface area contributed by atoms with Crippen molar-refractivity contribution in [1.82, 2.24) is 0 Å². The van der Waals surface area contributed by atoms with Gasteiger partial charge >= 0.3 is 0 Å². The van der Waals surface area contributed by atoms with Crippen LogP contribution >= 0.6 is 0 Å². The number of aldehydes is 1. The number of carbonyl (C=O) groups excluding carboxylic acids is 1. The summed E-state index contributed by atoms with van der Waals surface area (Å²) in [6.45, 7) is 2.17. The monoisotopic (exact) mass is 309 g/mol. The standard InChI is InChI=1S/C18H31NO3/c1-2-3-4-5-6-9-12-15-18(19(21)22)16-13-10-7-8-11-14-17-20/h6,9,12,15,17-18H,2-5,7-8,10-11,13-14,16H2,1H3/b9-6+,15-12+. The van der Waals surface area contributed by atoms with E-state index < -0.39 is 6.04 Å². The van der Waals surface area contributed by atoms with Crippen LogP contribution in [-0.4, -0.2) is 17.3 Å². The molecule has 0 aliphatic carbocycles. The number of carbonyl (C=O) groups is 1. The van der Waals surface area contributed by atoms with E-state index in [9.17, 15) is 14.9 Å². The van der Waals surface area contributed by atoms with E-state index in [0.29, 0.717) is 12.8 Å². The predicted molar refractivity (Wildman–Crippen MR) is 91.6 cm³/mol. The first-order valence-electron chi connectivity index (χ1n) is 8.62. The van der Waals surface area contributed by atoms with Crippen molar-refractivity contribution in [3.8, 4) is 0 Å². The molecule has 0 bridgehead atoms. The van der Waals surface area contributed by atoms with Crippen LogP contribution in [0.15, 0.2) is 24.3 Å². The molecule has 0 aromatic heterocycles. The highest BCUT2D eigenvalue weighted by molar-refractivity contribution is 5.48. The maximum Gasteiger partial charge on any atom is 0.231 e. The van der Waals surface area contributed by atoms with E-state index in [1.54, 1.807) is 6.08 Å². The molecule has 4 nitrogen and oxygen atoms in total. The van der Waals surface area contributed by atoms with Crippen LogP contribution < -0.4 is 0 Å². The fourth-order valence-corrected chi connectivity index (χ4v) is 2.26. The first-order chi connectivity index (χ1) is 10.7. The van der Waals surface area contributed by atoms with Crippen LogP contribution in [0, 0.1) is 10.1 Å². The summed E-state index contributed by atoms with van der Waals surface area (Å²) in [6, 6.07) is -0.574. The van der Waals surface area contributed by atoms with E-state index in [0.717, 1.165) is 44.8 Å². The van der Waals surface area contributed by atoms with Crippen LogP contribution in [0.1, 0.15) is 77.6 Å². The Bertz CT molecular complexity index is 337. The quantitative estimate of drug-likeness (QED) is 0.136. The molecule has 0 aliphatic heterocycles. The Morgan fingerprint density at radius 2 is 1.64 bits per heavy atom. The summed E-state index contributed by atoms with van der Waals surface area (Å²) in [7, 11) is 0. The second-order valence-electron chi connectivity index (χ2n) is 5.67. The van der Waals surface area contributed by atoms with Gasteiger partial charge in [0.15, 0.2) is 0 Å². The zero-order valence-electron chi connectivity index (χ0n) is 13.9. The third kappa shape index (κ3) is 13.5. The van der Waals surface area contributed by atoms with Gasteiger partial charge in [-0.1, -0.05) is 57.3 Å². The summed E-state index contributed by atoms with van der Waals surface area (Å²) >= 11 is 0. The molecule has 0 spiro atoms. The lowest BCUT2D eigenvalue weighted by Crippen LogP contribution is -2.16. The molecule has 0 radical (unpaired) electrons. The Morgan fingerprint density at radius 3 is 2.32 bits per heavy atom. The molecule has 126 valence electrons. The highest BCUT2D eigenvalue weighted by Crippen LogP contribution is 2.11. The van der Waals surface area contributed by atoms with Gasteiger partial charge in [0, 0.05) is 17.8 Å². The van der Waals surface area contributed by atoms with Gasteiger partial charge in [0.05, 0.1) is 0 Å². The van der Waals surface area contributed by atoms with Crippen LogP contribution in [0.4, 0.5) is 0 Å². The molecule has 0 N–H and O–H groups in total. The van der Waals surface area contributed by atoms with Gasteiger partial charge in [-0.05, 0) is 31.8 Å². The zero-order chi connectivity index (χ0) is 16.5. The van der Waals surface area contributed by atoms with Crippen molar-refractivity contribution >= 4 is 6.29 Å². The molecule has 22 heavy (non-hydrogen) atoms. The van der Waals surface area contributed by atoms with Crippen molar-refractivity contribution in [2.24, 2.45) is 0 Å². The third-order valence-electron chi connectivity index (χ3n) is 3.65. The average molecular weight is 309 g/mol. The van der Waals surface area contributed by atoms with E-state index >= 15 is 0 Å². The maximum absolute atomic E-state index is 11.0. The topological polar surface area (TPSA) is 60.2 Å². The summed E-state index contributed by atoms with van der Waals surface area (Å²) in [5.41, 5.74) is 0. The number of allylic oxidation sites excluding steroid dienone is 3. The van der Waals surface area contributed by atoms with Crippen LogP contribution in [-0.2, 0) is 4.79 Å². The molecule has 0 amide bonds. The zero-order valence-corrected chi connectivity index (χ0v) is 13.9. The van der Waals surface area contributed by atoms with Gasteiger partial charge in [-0.15, -0.1) is 0 Å². The minimum atomic E-state index is -0.574. The van der Waals surface area contributed by atoms with Crippen molar-refractivity contribution < 1.29 is 9.72 Å². The SMILES string of the molecule is CCCCC/C=C/C=C/C(CCCCCCCC=O)[N+](=O)[O-]. The van der Waals surface area contributed by atoms with Crippen molar-refractivity contribution in [3.63, 3.8) is 0 Å². The molecule has 0 heterocycles. The van der Waals surface area contributed by atoms with E-state index in [1.807, 2.05) is 12.2 Å². The smallest absolute Gasteiger partial charge is 0.231 e. The van der Waals surface area contributed by atoms with Crippen molar-refractivity contribution in [2.45, 2.75) is 83.6 Å². The summed E-state index contributed by atoms with van der Waals surface area (Å²) in [5.74, 6) is 0. The van der Waals surface area contributed by atoms with Crippen molar-refractivity contribution in [2.75, 3.05) is 0 Å². The Morgan fingerprint density at radius 1 is 0.955 bits per heavy atom. The number of nitrogens with zero attached hydrogens (tertiary/aromatic N) is 1. The van der Waals surface area contributed by atoms with E-state index in [4.69, 9.17) is 0 Å². The Kier molecular flexibility index (Phi) is 14.9. The lowest BCUT2D eigenvalue weighted by molar-refractivity contribution is -0.510. The molecule has 1 unspecified atom stereocenters. The molecule has 0 rings (SSSR count). The fraction of sp³-hybridized carbons (Fsp3) is 0.722. The Balaban J connectivity index is 3.81. The van der Waals surface area contributed by atoms with Crippen LogP contribution in [0.2, 0.25) is 0 Å². The average Bonchev–Trinajstić information content (AvgIpc) is 2.50. The number of rotatable bonds is 15. The van der Waals surface area contributed by atoms with E-state index in [-0.39, 0.29) is 4.92 Å². The first-order valence-corrected chi connectivity index (χ1v) is 8.62. The summed E-state index contributed by atoms with van der Waals surface area (Å²) in [6.07, 6.45) is 19.3. The van der Waals surface area contributed by atoms with Gasteiger partial charge in [0.2, 0.25) is 6.04 Å². The Hall–Kier alpha value is -1.45. The second kappa shape index (κ2) is 15.9. The van der Waals surface area contributed by atoms with Gasteiger partial charge in [-0.3, -0.25) is 10.1 Å². The molecule has 0 saturated carbocycles. The van der Waals surface area contributed by atoms with Gasteiger partial charge in [0.25, 0.3) is 0 Å². The van der Waals surface area contributed by atoms with Crippen LogP contribution in [0.25, 0.3) is 0 Å². The normalized spacial score (nSPS) is 13.0. The summed E-state index contributed by atoms with van der Waals surface area (Å²) < 4.78 is 0. The van der Waals surface area contributed by atoms with Gasteiger partial charge in [-0.25, -0.2) is 0 Å². The molecule has 0 aliphatic rings. The number of nitro groups is 1. The van der Waals surface area contributed by atoms with Gasteiger partial charge in [0.1, 0.15) is 6.29 Å². The highest BCUT2D eigenvalue weighted by atomic mass is 16.6. The second-order valence-corrected chi connectivity index (χ2v) is 5.67. The van der Waals surface area contributed by atoms with Crippen LogP contribution in [0.5, 0.6) is 0 Å². The third-order valence-corrected chi connectivity index (χ3v) is 3.65. The number of unbranched alkanes of at least 4 members (excludes halogenated alkanes) is 8. The summed E-state index contributed by atoms with van der Waals surface area (Å²) in [4.78, 5) is 21.0. The lowest BCUT2D eigenvalue weighted by atomic mass is 10.1. The largest absolute Gasteiger partial charge is 0.303 e. The Labute approximate surface area is 134 Å². The number of hydrogen-bond acceptors (Lipinski definition) is 3. The van der Waals surface area contributed by atoms with Crippen LogP contribution in [0.3, 0.4) is 0 Å². The number of hydrogen-bond donors (Lipinski definition) is 0. The molecule has 0 aromatic rings. The van der Waals surface area contributed by atoms with Crippen molar-refractivity contribution in [3.05, 3.63) is 34.4 Å². The minimum absolute atomic E-state index is 0.201. The highest BCUT2D eigenvalue weighted by Gasteiger charge is 2.14.